The van der Waals surface area contributed by atoms with E-state index in [9.17, 15) is 4.79 Å². The Balaban J connectivity index is 1.49. The van der Waals surface area contributed by atoms with Gasteiger partial charge < -0.3 is 15.4 Å². The number of hydrogen-bond acceptors (Lipinski definition) is 4. The molecule has 1 amide bonds. The number of fused-ring (bicyclic) bond motifs is 2. The number of nitrogens with one attached hydrogen (secondary N) is 2. The maximum atomic E-state index is 12.1. The van der Waals surface area contributed by atoms with E-state index in [0.717, 1.165) is 18.5 Å². The fourth-order valence-electron chi connectivity index (χ4n) is 3.50. The lowest BCUT2D eigenvalue weighted by Gasteiger charge is -2.28. The van der Waals surface area contributed by atoms with E-state index in [1.807, 2.05) is 13.0 Å². The van der Waals surface area contributed by atoms with Crippen LogP contribution in [0.5, 0.6) is 5.88 Å². The van der Waals surface area contributed by atoms with E-state index >= 15 is 0 Å². The van der Waals surface area contributed by atoms with Gasteiger partial charge in [0.05, 0.1) is 18.5 Å². The number of anilines is 1. The molecule has 3 heterocycles. The third-order valence-electron chi connectivity index (χ3n) is 4.36. The fourth-order valence-corrected chi connectivity index (χ4v) is 3.50. The van der Waals surface area contributed by atoms with Crippen molar-refractivity contribution >= 4 is 11.6 Å². The molecule has 1 aromatic rings. The number of amides is 1. The minimum Gasteiger partial charge on any atom is -0.478 e. The standard InChI is InChI=1S/C16H23N3O2/c1-2-21-16-6-5-14(10-17-16)19-15(20)9-11-7-12-3-4-13(8-11)18-12/h5-6,10-13,18H,2-4,7-9H2,1H3,(H,19,20). The van der Waals surface area contributed by atoms with E-state index in [0.29, 0.717) is 36.9 Å². The van der Waals surface area contributed by atoms with Crippen LogP contribution in [0.2, 0.25) is 0 Å². The Hall–Kier alpha value is -1.62. The molecular weight excluding hydrogens is 266 g/mol. The van der Waals surface area contributed by atoms with Gasteiger partial charge in [-0.3, -0.25) is 4.79 Å². The van der Waals surface area contributed by atoms with Crippen molar-refractivity contribution < 1.29 is 9.53 Å². The lowest BCUT2D eigenvalue weighted by Crippen LogP contribution is -2.39. The number of ether oxygens (including phenoxy) is 1. The maximum absolute atomic E-state index is 12.1. The van der Waals surface area contributed by atoms with Crippen LogP contribution in [0.15, 0.2) is 18.3 Å². The molecular formula is C16H23N3O2. The number of aromatic nitrogens is 1. The molecule has 2 saturated heterocycles. The second kappa shape index (κ2) is 6.43. The summed E-state index contributed by atoms with van der Waals surface area (Å²) in [5.41, 5.74) is 0.736. The van der Waals surface area contributed by atoms with Crippen molar-refractivity contribution in [1.29, 1.82) is 0 Å². The summed E-state index contributed by atoms with van der Waals surface area (Å²) in [7, 11) is 0. The molecule has 2 aliphatic rings. The summed E-state index contributed by atoms with van der Waals surface area (Å²) in [6.45, 7) is 2.51. The number of pyridine rings is 1. The molecule has 2 aliphatic heterocycles. The second-order valence-electron chi connectivity index (χ2n) is 6.05. The van der Waals surface area contributed by atoms with E-state index in [4.69, 9.17) is 4.74 Å². The fraction of sp³-hybridized carbons (Fsp3) is 0.625. The van der Waals surface area contributed by atoms with Gasteiger partial charge in [-0.05, 0) is 44.6 Å². The van der Waals surface area contributed by atoms with Gasteiger partial charge in [0, 0.05) is 24.6 Å². The summed E-state index contributed by atoms with van der Waals surface area (Å²) in [6.07, 6.45) is 7.06. The van der Waals surface area contributed by atoms with Gasteiger partial charge >= 0.3 is 0 Å². The van der Waals surface area contributed by atoms with E-state index < -0.39 is 0 Å². The molecule has 3 rings (SSSR count). The third-order valence-corrected chi connectivity index (χ3v) is 4.36. The van der Waals surface area contributed by atoms with E-state index in [1.54, 1.807) is 12.3 Å². The summed E-state index contributed by atoms with van der Waals surface area (Å²) in [5.74, 6) is 1.19. The number of hydrogen-bond donors (Lipinski definition) is 2. The van der Waals surface area contributed by atoms with Crippen LogP contribution in [0, 0.1) is 5.92 Å². The van der Waals surface area contributed by atoms with Crippen LogP contribution >= 0.6 is 0 Å². The van der Waals surface area contributed by atoms with Crippen molar-refractivity contribution in [1.82, 2.24) is 10.3 Å². The van der Waals surface area contributed by atoms with Crippen molar-refractivity contribution in [3.63, 3.8) is 0 Å². The predicted octanol–water partition coefficient (Wildman–Crippen LogP) is 2.34. The number of piperidine rings is 1. The highest BCUT2D eigenvalue weighted by Crippen LogP contribution is 2.32. The Kier molecular flexibility index (Phi) is 4.39. The molecule has 2 atom stereocenters. The van der Waals surface area contributed by atoms with Crippen molar-refractivity contribution in [3.8, 4) is 5.88 Å². The zero-order valence-electron chi connectivity index (χ0n) is 12.5. The van der Waals surface area contributed by atoms with Gasteiger partial charge in [-0.15, -0.1) is 0 Å². The van der Waals surface area contributed by atoms with Crippen LogP contribution in [0.1, 0.15) is 39.0 Å². The highest BCUT2D eigenvalue weighted by Gasteiger charge is 2.34. The molecule has 2 unspecified atom stereocenters. The summed E-state index contributed by atoms with van der Waals surface area (Å²) in [4.78, 5) is 16.3. The average Bonchev–Trinajstić information content (AvgIpc) is 2.80. The Morgan fingerprint density at radius 2 is 2.14 bits per heavy atom. The van der Waals surface area contributed by atoms with Crippen molar-refractivity contribution in [3.05, 3.63) is 18.3 Å². The Bertz CT molecular complexity index is 477. The topological polar surface area (TPSA) is 63.2 Å². The van der Waals surface area contributed by atoms with Crippen LogP contribution in [-0.4, -0.2) is 29.6 Å². The molecule has 0 radical (unpaired) electrons. The van der Waals surface area contributed by atoms with Gasteiger partial charge in [-0.2, -0.15) is 0 Å². The minimum atomic E-state index is 0.0901. The number of carbonyl (C=O) groups is 1. The molecule has 5 heteroatoms. The highest BCUT2D eigenvalue weighted by atomic mass is 16.5. The summed E-state index contributed by atoms with van der Waals surface area (Å²) in [5, 5.41) is 6.54. The summed E-state index contributed by atoms with van der Waals surface area (Å²) in [6, 6.07) is 4.88. The van der Waals surface area contributed by atoms with Gasteiger partial charge in [0.25, 0.3) is 0 Å². The van der Waals surface area contributed by atoms with Crippen LogP contribution in [0.3, 0.4) is 0 Å². The van der Waals surface area contributed by atoms with Gasteiger partial charge in [0.2, 0.25) is 11.8 Å². The molecule has 0 spiro atoms. The molecule has 5 nitrogen and oxygen atoms in total. The van der Waals surface area contributed by atoms with E-state index in [-0.39, 0.29) is 5.91 Å². The lowest BCUT2D eigenvalue weighted by molar-refractivity contribution is -0.117. The Labute approximate surface area is 125 Å². The molecule has 1 aromatic heterocycles. The molecule has 2 fully saturated rings. The first-order valence-electron chi connectivity index (χ1n) is 7.87. The van der Waals surface area contributed by atoms with Crippen LogP contribution in [0.4, 0.5) is 5.69 Å². The lowest BCUT2D eigenvalue weighted by atomic mass is 9.89. The minimum absolute atomic E-state index is 0.0901. The molecule has 2 bridgehead atoms. The zero-order valence-corrected chi connectivity index (χ0v) is 12.5. The molecule has 2 N–H and O–H groups in total. The predicted molar refractivity (Wildman–Crippen MR) is 81.3 cm³/mol. The quantitative estimate of drug-likeness (QED) is 0.873. The highest BCUT2D eigenvalue weighted by molar-refractivity contribution is 5.90. The summed E-state index contributed by atoms with van der Waals surface area (Å²) < 4.78 is 5.29. The molecule has 0 saturated carbocycles. The molecule has 0 aromatic carbocycles. The number of nitrogens with zero attached hydrogens (tertiary/aromatic N) is 1. The number of carbonyl (C=O) groups excluding carboxylic acids is 1. The van der Waals surface area contributed by atoms with Crippen molar-refractivity contribution in [2.75, 3.05) is 11.9 Å². The van der Waals surface area contributed by atoms with E-state index in [1.165, 1.54) is 12.8 Å². The zero-order chi connectivity index (χ0) is 14.7. The monoisotopic (exact) mass is 289 g/mol. The van der Waals surface area contributed by atoms with Crippen LogP contribution < -0.4 is 15.4 Å². The first kappa shape index (κ1) is 14.3. The van der Waals surface area contributed by atoms with Gasteiger partial charge in [-0.25, -0.2) is 4.98 Å². The van der Waals surface area contributed by atoms with Gasteiger partial charge in [0.15, 0.2) is 0 Å². The number of rotatable bonds is 5. The first-order chi connectivity index (χ1) is 10.2. The SMILES string of the molecule is CCOc1ccc(NC(=O)CC2CC3CCC(C2)N3)cn1. The normalized spacial score (nSPS) is 27.4. The van der Waals surface area contributed by atoms with Crippen molar-refractivity contribution in [2.45, 2.75) is 51.1 Å². The van der Waals surface area contributed by atoms with Gasteiger partial charge in [0.1, 0.15) is 0 Å². The van der Waals surface area contributed by atoms with Gasteiger partial charge in [-0.1, -0.05) is 0 Å². The Morgan fingerprint density at radius 1 is 1.38 bits per heavy atom. The Morgan fingerprint density at radius 3 is 2.76 bits per heavy atom. The van der Waals surface area contributed by atoms with Crippen LogP contribution in [0.25, 0.3) is 0 Å². The molecule has 114 valence electrons. The molecule has 0 aliphatic carbocycles. The smallest absolute Gasteiger partial charge is 0.224 e. The maximum Gasteiger partial charge on any atom is 0.224 e. The van der Waals surface area contributed by atoms with Crippen molar-refractivity contribution in [2.24, 2.45) is 5.92 Å². The van der Waals surface area contributed by atoms with E-state index in [2.05, 4.69) is 15.6 Å². The second-order valence-corrected chi connectivity index (χ2v) is 6.05. The largest absolute Gasteiger partial charge is 0.478 e. The third kappa shape index (κ3) is 3.73. The molecule has 21 heavy (non-hydrogen) atoms. The first-order valence-corrected chi connectivity index (χ1v) is 7.87. The average molecular weight is 289 g/mol. The summed E-state index contributed by atoms with van der Waals surface area (Å²) >= 11 is 0. The van der Waals surface area contributed by atoms with Crippen LogP contribution in [-0.2, 0) is 4.79 Å².